The summed E-state index contributed by atoms with van der Waals surface area (Å²) in [6.07, 6.45) is 3.22. The third kappa shape index (κ3) is 3.81. The van der Waals surface area contributed by atoms with E-state index < -0.39 is 0 Å². The average molecular weight is 356 g/mol. The maximum absolute atomic E-state index is 8.98. The van der Waals surface area contributed by atoms with Gasteiger partial charge in [0.15, 0.2) is 0 Å². The summed E-state index contributed by atoms with van der Waals surface area (Å²) in [6, 6.07) is 6.12. The minimum absolute atomic E-state index is 0.140. The highest BCUT2D eigenvalue weighted by Gasteiger charge is 2.13. The summed E-state index contributed by atoms with van der Waals surface area (Å²) in [4.78, 5) is 0. The van der Waals surface area contributed by atoms with Crippen LogP contribution in [-0.4, -0.2) is 53.4 Å². The standard InChI is InChI=1S/C18H24N6O2/c1-13-11-15(18-14(2)24(22-20-18)8-4-10-26)5-6-16(13)17-12-23(21-19-17)7-3-9-25/h5-6,11-12,25-26H,3-4,7-10H2,1-2H3. The van der Waals surface area contributed by atoms with Crippen molar-refractivity contribution in [3.05, 3.63) is 35.7 Å². The van der Waals surface area contributed by atoms with Crippen LogP contribution in [0.15, 0.2) is 24.4 Å². The van der Waals surface area contributed by atoms with Gasteiger partial charge in [-0.15, -0.1) is 10.2 Å². The Morgan fingerprint density at radius 3 is 2.46 bits per heavy atom. The molecule has 0 atom stereocenters. The topological polar surface area (TPSA) is 102 Å². The number of aromatic nitrogens is 6. The van der Waals surface area contributed by atoms with Crippen LogP contribution in [0.3, 0.4) is 0 Å². The molecule has 2 heterocycles. The summed E-state index contributed by atoms with van der Waals surface area (Å²) in [5.41, 5.74) is 5.77. The lowest BCUT2D eigenvalue weighted by Gasteiger charge is -2.06. The summed E-state index contributed by atoms with van der Waals surface area (Å²) >= 11 is 0. The molecule has 26 heavy (non-hydrogen) atoms. The fourth-order valence-corrected chi connectivity index (χ4v) is 2.92. The molecule has 0 saturated carbocycles. The van der Waals surface area contributed by atoms with Gasteiger partial charge in [-0.25, -0.2) is 4.68 Å². The number of hydrogen-bond donors (Lipinski definition) is 2. The molecule has 8 heteroatoms. The van der Waals surface area contributed by atoms with Crippen molar-refractivity contribution in [2.24, 2.45) is 0 Å². The maximum atomic E-state index is 8.98. The molecule has 0 unspecified atom stereocenters. The molecule has 8 nitrogen and oxygen atoms in total. The van der Waals surface area contributed by atoms with Gasteiger partial charge in [0.1, 0.15) is 11.4 Å². The Morgan fingerprint density at radius 1 is 0.962 bits per heavy atom. The molecule has 0 spiro atoms. The lowest BCUT2D eigenvalue weighted by Crippen LogP contribution is -2.04. The van der Waals surface area contributed by atoms with E-state index >= 15 is 0 Å². The van der Waals surface area contributed by atoms with Gasteiger partial charge < -0.3 is 10.2 Å². The van der Waals surface area contributed by atoms with Crippen molar-refractivity contribution >= 4 is 0 Å². The highest BCUT2D eigenvalue weighted by Crippen LogP contribution is 2.28. The smallest absolute Gasteiger partial charge is 0.115 e. The number of nitrogens with zero attached hydrogens (tertiary/aromatic N) is 6. The van der Waals surface area contributed by atoms with Crippen LogP contribution in [0.5, 0.6) is 0 Å². The quantitative estimate of drug-likeness (QED) is 0.635. The first-order valence-corrected chi connectivity index (χ1v) is 8.77. The molecule has 0 radical (unpaired) electrons. The Bertz CT molecular complexity index is 870. The number of hydrogen-bond acceptors (Lipinski definition) is 6. The van der Waals surface area contributed by atoms with Crippen LogP contribution in [-0.2, 0) is 13.1 Å². The number of aliphatic hydroxyl groups excluding tert-OH is 2. The van der Waals surface area contributed by atoms with Gasteiger partial charge in [-0.1, -0.05) is 22.6 Å². The number of rotatable bonds is 8. The molecular formula is C18H24N6O2. The number of aliphatic hydroxyl groups is 2. The second-order valence-corrected chi connectivity index (χ2v) is 6.30. The Labute approximate surface area is 152 Å². The van der Waals surface area contributed by atoms with E-state index in [4.69, 9.17) is 10.2 Å². The molecule has 3 aromatic rings. The Kier molecular flexibility index (Phi) is 5.75. The summed E-state index contributed by atoms with van der Waals surface area (Å²) in [5, 5.41) is 34.7. The summed E-state index contributed by atoms with van der Waals surface area (Å²) in [6.45, 7) is 5.61. The molecule has 0 aliphatic carbocycles. The van der Waals surface area contributed by atoms with Crippen molar-refractivity contribution in [1.82, 2.24) is 30.0 Å². The number of benzene rings is 1. The largest absolute Gasteiger partial charge is 0.396 e. The predicted molar refractivity (Wildman–Crippen MR) is 97.4 cm³/mol. The van der Waals surface area contributed by atoms with Crippen LogP contribution in [0.2, 0.25) is 0 Å². The van der Waals surface area contributed by atoms with E-state index in [-0.39, 0.29) is 13.2 Å². The van der Waals surface area contributed by atoms with Crippen molar-refractivity contribution in [2.45, 2.75) is 39.8 Å². The zero-order chi connectivity index (χ0) is 18.5. The monoisotopic (exact) mass is 356 g/mol. The molecule has 0 saturated heterocycles. The van der Waals surface area contributed by atoms with Gasteiger partial charge in [0.25, 0.3) is 0 Å². The second-order valence-electron chi connectivity index (χ2n) is 6.30. The lowest BCUT2D eigenvalue weighted by atomic mass is 10.0. The van der Waals surface area contributed by atoms with Gasteiger partial charge in [-0.2, -0.15) is 0 Å². The normalized spacial score (nSPS) is 11.2. The van der Waals surface area contributed by atoms with E-state index in [1.807, 2.05) is 36.9 Å². The van der Waals surface area contributed by atoms with Gasteiger partial charge in [0, 0.05) is 37.4 Å². The fraction of sp³-hybridized carbons (Fsp3) is 0.444. The van der Waals surface area contributed by atoms with Crippen molar-refractivity contribution in [1.29, 1.82) is 0 Å². The van der Waals surface area contributed by atoms with E-state index in [2.05, 4.69) is 26.7 Å². The van der Waals surface area contributed by atoms with Crippen LogP contribution in [0.25, 0.3) is 22.5 Å². The average Bonchev–Trinajstić information content (AvgIpc) is 3.25. The molecule has 0 bridgehead atoms. The highest BCUT2D eigenvalue weighted by molar-refractivity contribution is 5.70. The zero-order valence-electron chi connectivity index (χ0n) is 15.1. The summed E-state index contributed by atoms with van der Waals surface area (Å²) in [7, 11) is 0. The second kappa shape index (κ2) is 8.20. The SMILES string of the molecule is Cc1cc(-c2nnn(CCCO)c2C)ccc1-c1cn(CCCO)nn1. The Morgan fingerprint density at radius 2 is 1.73 bits per heavy atom. The maximum Gasteiger partial charge on any atom is 0.115 e. The third-order valence-corrected chi connectivity index (χ3v) is 4.37. The van der Waals surface area contributed by atoms with Gasteiger partial charge in [0.2, 0.25) is 0 Å². The van der Waals surface area contributed by atoms with Crippen molar-refractivity contribution in [3.63, 3.8) is 0 Å². The molecule has 0 aliphatic heterocycles. The van der Waals surface area contributed by atoms with E-state index in [0.717, 1.165) is 33.8 Å². The van der Waals surface area contributed by atoms with Crippen molar-refractivity contribution in [3.8, 4) is 22.5 Å². The van der Waals surface area contributed by atoms with Gasteiger partial charge in [-0.3, -0.25) is 4.68 Å². The molecule has 2 aromatic heterocycles. The van der Waals surface area contributed by atoms with Crippen LogP contribution in [0.1, 0.15) is 24.1 Å². The van der Waals surface area contributed by atoms with Crippen LogP contribution < -0.4 is 0 Å². The molecule has 1 aromatic carbocycles. The highest BCUT2D eigenvalue weighted by atomic mass is 16.3. The lowest BCUT2D eigenvalue weighted by molar-refractivity contribution is 0.275. The van der Waals surface area contributed by atoms with Gasteiger partial charge >= 0.3 is 0 Å². The Hall–Kier alpha value is -2.58. The van der Waals surface area contributed by atoms with E-state index in [9.17, 15) is 0 Å². The minimum Gasteiger partial charge on any atom is -0.396 e. The van der Waals surface area contributed by atoms with E-state index in [1.165, 1.54) is 0 Å². The van der Waals surface area contributed by atoms with E-state index in [0.29, 0.717) is 25.9 Å². The molecule has 138 valence electrons. The molecule has 3 rings (SSSR count). The van der Waals surface area contributed by atoms with Gasteiger partial charge in [0.05, 0.1) is 11.9 Å². The first-order chi connectivity index (χ1) is 12.6. The van der Waals surface area contributed by atoms with Crippen LogP contribution in [0, 0.1) is 13.8 Å². The molecule has 2 N–H and O–H groups in total. The predicted octanol–water partition coefficient (Wildman–Crippen LogP) is 1.59. The molecule has 0 amide bonds. The van der Waals surface area contributed by atoms with E-state index in [1.54, 1.807) is 4.68 Å². The molecule has 0 aliphatic rings. The minimum atomic E-state index is 0.140. The zero-order valence-corrected chi connectivity index (χ0v) is 15.1. The molecule has 0 fully saturated rings. The van der Waals surface area contributed by atoms with Crippen molar-refractivity contribution in [2.75, 3.05) is 13.2 Å². The van der Waals surface area contributed by atoms with Gasteiger partial charge in [-0.05, 0) is 38.3 Å². The first-order valence-electron chi connectivity index (χ1n) is 8.77. The molecular weight excluding hydrogens is 332 g/mol. The first kappa shape index (κ1) is 18.2. The summed E-state index contributed by atoms with van der Waals surface area (Å²) < 4.78 is 3.57. The number of aryl methyl sites for hydroxylation is 3. The van der Waals surface area contributed by atoms with Crippen molar-refractivity contribution < 1.29 is 10.2 Å². The van der Waals surface area contributed by atoms with Crippen LogP contribution >= 0.6 is 0 Å². The fourth-order valence-electron chi connectivity index (χ4n) is 2.92. The third-order valence-electron chi connectivity index (χ3n) is 4.37. The van der Waals surface area contributed by atoms with Crippen LogP contribution in [0.4, 0.5) is 0 Å². The Balaban J connectivity index is 1.84. The summed E-state index contributed by atoms with van der Waals surface area (Å²) in [5.74, 6) is 0.